The molecule has 0 radical (unpaired) electrons. The molecule has 19 heavy (non-hydrogen) atoms. The molecule has 4 atom stereocenters. The first-order valence-corrected chi connectivity index (χ1v) is 6.02. The SMILES string of the molecule is CC(=O)c1ccc(N[C@H]2OC[C@@H](O)[C@@H](O)[C@@H]2O)cc1. The Morgan fingerprint density at radius 2 is 1.84 bits per heavy atom. The van der Waals surface area contributed by atoms with Gasteiger partial charge >= 0.3 is 0 Å². The number of nitrogens with one attached hydrogen (secondary N) is 1. The first-order valence-electron chi connectivity index (χ1n) is 6.02. The molecule has 6 heteroatoms. The minimum atomic E-state index is -1.25. The number of ketones is 1. The zero-order valence-electron chi connectivity index (χ0n) is 10.5. The quantitative estimate of drug-likeness (QED) is 0.563. The maximum Gasteiger partial charge on any atom is 0.159 e. The van der Waals surface area contributed by atoms with Crippen LogP contribution in [0, 0.1) is 0 Å². The van der Waals surface area contributed by atoms with Gasteiger partial charge in [-0.05, 0) is 31.2 Å². The fourth-order valence-electron chi connectivity index (χ4n) is 1.90. The summed E-state index contributed by atoms with van der Waals surface area (Å²) < 4.78 is 5.22. The highest BCUT2D eigenvalue weighted by Gasteiger charge is 2.37. The van der Waals surface area contributed by atoms with E-state index in [9.17, 15) is 20.1 Å². The lowest BCUT2D eigenvalue weighted by molar-refractivity contribution is -0.178. The molecule has 1 aromatic rings. The van der Waals surface area contributed by atoms with Crippen molar-refractivity contribution in [1.29, 1.82) is 0 Å². The van der Waals surface area contributed by atoms with Crippen molar-refractivity contribution in [1.82, 2.24) is 0 Å². The molecule has 0 unspecified atom stereocenters. The maximum absolute atomic E-state index is 11.1. The molecule has 0 amide bonds. The molecule has 1 aliphatic rings. The number of aliphatic hydroxyl groups excluding tert-OH is 3. The number of ether oxygens (including phenoxy) is 1. The third-order valence-electron chi connectivity index (χ3n) is 3.10. The van der Waals surface area contributed by atoms with Gasteiger partial charge < -0.3 is 25.4 Å². The van der Waals surface area contributed by atoms with E-state index in [1.54, 1.807) is 24.3 Å². The zero-order chi connectivity index (χ0) is 14.0. The molecular weight excluding hydrogens is 250 g/mol. The molecule has 0 spiro atoms. The molecule has 104 valence electrons. The van der Waals surface area contributed by atoms with E-state index in [2.05, 4.69) is 5.32 Å². The van der Waals surface area contributed by atoms with Crippen molar-refractivity contribution < 1.29 is 24.9 Å². The van der Waals surface area contributed by atoms with E-state index in [1.807, 2.05) is 0 Å². The van der Waals surface area contributed by atoms with E-state index < -0.39 is 24.5 Å². The van der Waals surface area contributed by atoms with Crippen molar-refractivity contribution in [3.05, 3.63) is 29.8 Å². The van der Waals surface area contributed by atoms with Gasteiger partial charge in [-0.25, -0.2) is 0 Å². The van der Waals surface area contributed by atoms with Crippen molar-refractivity contribution in [3.63, 3.8) is 0 Å². The minimum absolute atomic E-state index is 0.0287. The van der Waals surface area contributed by atoms with Gasteiger partial charge in [-0.15, -0.1) is 0 Å². The number of aliphatic hydroxyl groups is 3. The first-order chi connectivity index (χ1) is 8.99. The molecule has 0 bridgehead atoms. The fraction of sp³-hybridized carbons (Fsp3) is 0.462. The maximum atomic E-state index is 11.1. The number of hydrogen-bond donors (Lipinski definition) is 4. The number of anilines is 1. The van der Waals surface area contributed by atoms with Crippen LogP contribution in [0.1, 0.15) is 17.3 Å². The van der Waals surface area contributed by atoms with Gasteiger partial charge in [0.15, 0.2) is 12.0 Å². The van der Waals surface area contributed by atoms with Gasteiger partial charge in [-0.3, -0.25) is 4.79 Å². The second-order valence-corrected chi connectivity index (χ2v) is 4.58. The van der Waals surface area contributed by atoms with E-state index in [4.69, 9.17) is 4.74 Å². The summed E-state index contributed by atoms with van der Waals surface area (Å²) in [7, 11) is 0. The van der Waals surface area contributed by atoms with Gasteiger partial charge in [0, 0.05) is 11.3 Å². The van der Waals surface area contributed by atoms with Gasteiger partial charge in [-0.1, -0.05) is 0 Å². The van der Waals surface area contributed by atoms with Crippen molar-refractivity contribution in [2.45, 2.75) is 31.5 Å². The largest absolute Gasteiger partial charge is 0.388 e. The zero-order valence-corrected chi connectivity index (χ0v) is 10.5. The standard InChI is InChI=1S/C13H17NO5/c1-7(15)8-2-4-9(5-3-8)14-13-12(18)11(17)10(16)6-19-13/h2-5,10-14,16-18H,6H2,1H3/t10-,11-,12+,13+/m1/s1. The molecule has 0 saturated carbocycles. The second-order valence-electron chi connectivity index (χ2n) is 4.58. The van der Waals surface area contributed by atoms with E-state index in [0.717, 1.165) is 0 Å². The van der Waals surface area contributed by atoms with Gasteiger partial charge in [0.05, 0.1) is 6.61 Å². The van der Waals surface area contributed by atoms with Crippen LogP contribution in [-0.4, -0.2) is 52.2 Å². The molecule has 1 saturated heterocycles. The molecule has 4 N–H and O–H groups in total. The first kappa shape index (κ1) is 14.0. The van der Waals surface area contributed by atoms with Crippen LogP contribution in [0.5, 0.6) is 0 Å². The highest BCUT2D eigenvalue weighted by Crippen LogP contribution is 2.19. The Labute approximate surface area is 110 Å². The van der Waals surface area contributed by atoms with E-state index in [0.29, 0.717) is 11.3 Å². The molecule has 1 aromatic carbocycles. The van der Waals surface area contributed by atoms with Crippen LogP contribution in [0.2, 0.25) is 0 Å². The average molecular weight is 267 g/mol. The highest BCUT2D eigenvalue weighted by atomic mass is 16.5. The summed E-state index contributed by atoms with van der Waals surface area (Å²) in [6.45, 7) is 1.43. The van der Waals surface area contributed by atoms with Gasteiger partial charge in [0.1, 0.15) is 18.3 Å². The predicted molar refractivity (Wildman–Crippen MR) is 67.8 cm³/mol. The Balaban J connectivity index is 2.03. The Morgan fingerprint density at radius 3 is 2.42 bits per heavy atom. The lowest BCUT2D eigenvalue weighted by Gasteiger charge is -2.35. The van der Waals surface area contributed by atoms with Crippen molar-refractivity contribution >= 4 is 11.5 Å². The lowest BCUT2D eigenvalue weighted by Crippen LogP contribution is -2.55. The summed E-state index contributed by atoms with van der Waals surface area (Å²) in [5.41, 5.74) is 1.24. The number of benzene rings is 1. The summed E-state index contributed by atoms with van der Waals surface area (Å²) in [5.74, 6) is -0.0287. The average Bonchev–Trinajstić information content (AvgIpc) is 2.40. The molecule has 1 aliphatic heterocycles. The summed E-state index contributed by atoms with van der Waals surface area (Å²) >= 11 is 0. The summed E-state index contributed by atoms with van der Waals surface area (Å²) in [4.78, 5) is 11.1. The molecule has 1 fully saturated rings. The summed E-state index contributed by atoms with van der Waals surface area (Å²) in [6, 6.07) is 6.69. The van der Waals surface area contributed by atoms with Crippen LogP contribution < -0.4 is 5.32 Å². The predicted octanol–water partition coefficient (Wildman–Crippen LogP) is -0.260. The van der Waals surface area contributed by atoms with Crippen LogP contribution in [0.4, 0.5) is 5.69 Å². The monoisotopic (exact) mass is 267 g/mol. The lowest BCUT2D eigenvalue weighted by atomic mass is 10.0. The van der Waals surface area contributed by atoms with Crippen molar-refractivity contribution in [2.24, 2.45) is 0 Å². The topological polar surface area (TPSA) is 99.0 Å². The smallest absolute Gasteiger partial charge is 0.159 e. The number of rotatable bonds is 3. The van der Waals surface area contributed by atoms with E-state index >= 15 is 0 Å². The van der Waals surface area contributed by atoms with E-state index in [1.165, 1.54) is 6.92 Å². The molecular formula is C13H17NO5. The fourth-order valence-corrected chi connectivity index (χ4v) is 1.90. The number of hydrogen-bond acceptors (Lipinski definition) is 6. The molecule has 6 nitrogen and oxygen atoms in total. The molecule has 0 aromatic heterocycles. The van der Waals surface area contributed by atoms with Crippen LogP contribution >= 0.6 is 0 Å². The van der Waals surface area contributed by atoms with Crippen LogP contribution in [0.25, 0.3) is 0 Å². The Hall–Kier alpha value is -1.47. The van der Waals surface area contributed by atoms with Crippen molar-refractivity contribution in [3.8, 4) is 0 Å². The molecule has 2 rings (SSSR count). The summed E-state index contributed by atoms with van der Waals surface area (Å²) in [5, 5.41) is 31.5. The highest BCUT2D eigenvalue weighted by molar-refractivity contribution is 5.94. The normalized spacial score (nSPS) is 30.9. The number of carbonyl (C=O) groups excluding carboxylic acids is 1. The van der Waals surface area contributed by atoms with Crippen LogP contribution in [0.15, 0.2) is 24.3 Å². The minimum Gasteiger partial charge on any atom is -0.388 e. The van der Waals surface area contributed by atoms with Gasteiger partial charge in [0.25, 0.3) is 0 Å². The number of carbonyl (C=O) groups is 1. The summed E-state index contributed by atoms with van der Waals surface area (Å²) in [6.07, 6.45) is -4.37. The Morgan fingerprint density at radius 1 is 1.21 bits per heavy atom. The third kappa shape index (κ3) is 3.10. The van der Waals surface area contributed by atoms with E-state index in [-0.39, 0.29) is 12.4 Å². The molecule has 0 aliphatic carbocycles. The molecule has 1 heterocycles. The van der Waals surface area contributed by atoms with Gasteiger partial charge in [0.2, 0.25) is 0 Å². The Kier molecular flexibility index (Phi) is 4.16. The van der Waals surface area contributed by atoms with Crippen LogP contribution in [-0.2, 0) is 4.74 Å². The van der Waals surface area contributed by atoms with Crippen LogP contribution in [0.3, 0.4) is 0 Å². The van der Waals surface area contributed by atoms with Gasteiger partial charge in [-0.2, -0.15) is 0 Å². The second kappa shape index (κ2) is 5.66. The van der Waals surface area contributed by atoms with Crippen molar-refractivity contribution in [2.75, 3.05) is 11.9 Å². The Bertz CT molecular complexity index is 447. The third-order valence-corrected chi connectivity index (χ3v) is 3.10. The number of Topliss-reactive ketones (excluding diaryl/α,β-unsaturated/α-hetero) is 1.